The number of halogens is 1. The van der Waals surface area contributed by atoms with Crippen LogP contribution in [0.3, 0.4) is 0 Å². The minimum absolute atomic E-state index is 0.139. The molecule has 0 aliphatic rings. The maximum absolute atomic E-state index is 11.1. The van der Waals surface area contributed by atoms with E-state index in [9.17, 15) is 4.21 Å². The zero-order chi connectivity index (χ0) is 12.4. The molecule has 0 fully saturated rings. The predicted molar refractivity (Wildman–Crippen MR) is 76.6 cm³/mol. The van der Waals surface area contributed by atoms with Gasteiger partial charge in [0.15, 0.2) is 5.13 Å². The number of hydrogen-bond acceptors (Lipinski definition) is 4. The maximum atomic E-state index is 11.1. The summed E-state index contributed by atoms with van der Waals surface area (Å²) in [5.74, 6) is 0.615. The molecular formula is C11H13ClN2OS2. The third-order valence-corrected chi connectivity index (χ3v) is 4.65. The fraction of sp³-hybridized carbons (Fsp3) is 0.364. The molecule has 2 aromatic rings. The number of fused-ring (bicyclic) bond motifs is 1. The molecule has 1 heterocycles. The van der Waals surface area contributed by atoms with Crippen LogP contribution in [0.15, 0.2) is 18.2 Å². The monoisotopic (exact) mass is 288 g/mol. The van der Waals surface area contributed by atoms with E-state index in [1.807, 2.05) is 25.1 Å². The first-order valence-electron chi connectivity index (χ1n) is 5.18. The van der Waals surface area contributed by atoms with E-state index in [0.29, 0.717) is 5.75 Å². The molecule has 6 heteroatoms. The first-order chi connectivity index (χ1) is 8.06. The van der Waals surface area contributed by atoms with E-state index in [-0.39, 0.29) is 6.04 Å². The van der Waals surface area contributed by atoms with E-state index >= 15 is 0 Å². The molecule has 1 N–H and O–H groups in total. The molecule has 2 atom stereocenters. The van der Waals surface area contributed by atoms with Crippen LogP contribution in [0.4, 0.5) is 5.13 Å². The van der Waals surface area contributed by atoms with Gasteiger partial charge >= 0.3 is 0 Å². The lowest BCUT2D eigenvalue weighted by Crippen LogP contribution is -2.21. The van der Waals surface area contributed by atoms with E-state index in [1.54, 1.807) is 6.26 Å². The van der Waals surface area contributed by atoms with Gasteiger partial charge in [-0.05, 0) is 19.1 Å². The number of thiazole rings is 1. The van der Waals surface area contributed by atoms with Gasteiger partial charge in [0.05, 0.1) is 15.2 Å². The van der Waals surface area contributed by atoms with Crippen molar-refractivity contribution in [2.24, 2.45) is 0 Å². The minimum atomic E-state index is -0.803. The van der Waals surface area contributed by atoms with Gasteiger partial charge in [-0.1, -0.05) is 29.0 Å². The number of rotatable bonds is 4. The fourth-order valence-corrected chi connectivity index (χ4v) is 3.64. The maximum Gasteiger partial charge on any atom is 0.184 e. The molecule has 17 heavy (non-hydrogen) atoms. The van der Waals surface area contributed by atoms with Crippen LogP contribution >= 0.6 is 22.9 Å². The Morgan fingerprint density at radius 2 is 2.35 bits per heavy atom. The normalized spacial score (nSPS) is 14.8. The van der Waals surface area contributed by atoms with Crippen molar-refractivity contribution in [2.75, 3.05) is 17.3 Å². The highest BCUT2D eigenvalue weighted by atomic mass is 35.5. The molecular weight excluding hydrogens is 276 g/mol. The van der Waals surface area contributed by atoms with E-state index in [4.69, 9.17) is 11.6 Å². The van der Waals surface area contributed by atoms with Crippen LogP contribution in [0.2, 0.25) is 5.02 Å². The summed E-state index contributed by atoms with van der Waals surface area (Å²) in [6, 6.07) is 5.82. The molecule has 0 saturated carbocycles. The van der Waals surface area contributed by atoms with Gasteiger partial charge in [0.1, 0.15) is 0 Å². The van der Waals surface area contributed by atoms with Crippen LogP contribution < -0.4 is 5.32 Å². The second-order valence-electron chi connectivity index (χ2n) is 3.89. The highest BCUT2D eigenvalue weighted by Crippen LogP contribution is 2.31. The summed E-state index contributed by atoms with van der Waals surface area (Å²) in [5, 5.41) is 4.79. The summed E-state index contributed by atoms with van der Waals surface area (Å²) >= 11 is 7.61. The average molecular weight is 289 g/mol. The lowest BCUT2D eigenvalue weighted by Gasteiger charge is -2.10. The molecule has 92 valence electrons. The standard InChI is InChI=1S/C11H13ClN2OS2/c1-7(6-17(2)15)13-11-14-9-5-3-4-8(12)10(9)16-11/h3-5,7H,6H2,1-2H3,(H,13,14). The Labute approximate surface area is 112 Å². The molecule has 1 aromatic carbocycles. The van der Waals surface area contributed by atoms with Crippen molar-refractivity contribution >= 4 is 49.1 Å². The molecule has 0 aliphatic carbocycles. The summed E-state index contributed by atoms with van der Waals surface area (Å²) in [6.45, 7) is 2.00. The molecule has 0 bridgehead atoms. The molecule has 1 aromatic heterocycles. The van der Waals surface area contributed by atoms with Gasteiger partial charge in [0.2, 0.25) is 0 Å². The first kappa shape index (κ1) is 12.8. The summed E-state index contributed by atoms with van der Waals surface area (Å²) in [6.07, 6.45) is 1.70. The summed E-state index contributed by atoms with van der Waals surface area (Å²) in [5.41, 5.74) is 0.898. The lowest BCUT2D eigenvalue weighted by atomic mass is 10.3. The van der Waals surface area contributed by atoms with Crippen molar-refractivity contribution in [1.29, 1.82) is 0 Å². The number of nitrogens with zero attached hydrogens (tertiary/aromatic N) is 1. The van der Waals surface area contributed by atoms with E-state index in [1.165, 1.54) is 11.3 Å². The Morgan fingerprint density at radius 1 is 1.59 bits per heavy atom. The van der Waals surface area contributed by atoms with E-state index in [2.05, 4.69) is 10.3 Å². The van der Waals surface area contributed by atoms with Crippen molar-refractivity contribution in [2.45, 2.75) is 13.0 Å². The topological polar surface area (TPSA) is 42.0 Å². The fourth-order valence-electron chi connectivity index (χ4n) is 1.58. The van der Waals surface area contributed by atoms with Gasteiger partial charge < -0.3 is 5.32 Å². The van der Waals surface area contributed by atoms with Gasteiger partial charge in [-0.3, -0.25) is 4.21 Å². The lowest BCUT2D eigenvalue weighted by molar-refractivity contribution is 0.683. The summed E-state index contributed by atoms with van der Waals surface area (Å²) in [7, 11) is -0.803. The van der Waals surface area contributed by atoms with E-state index in [0.717, 1.165) is 20.4 Å². The molecule has 2 rings (SSSR count). The summed E-state index contributed by atoms with van der Waals surface area (Å²) < 4.78 is 12.1. The van der Waals surface area contributed by atoms with Gasteiger partial charge in [-0.25, -0.2) is 4.98 Å². The number of hydrogen-bond donors (Lipinski definition) is 1. The molecule has 0 saturated heterocycles. The number of anilines is 1. The highest BCUT2D eigenvalue weighted by molar-refractivity contribution is 7.84. The SMILES string of the molecule is CC(CS(C)=O)Nc1nc2cccc(Cl)c2s1. The third kappa shape index (κ3) is 3.18. The van der Waals surface area contributed by atoms with Crippen LogP contribution in [0.5, 0.6) is 0 Å². The second kappa shape index (κ2) is 5.33. The Morgan fingerprint density at radius 3 is 3.00 bits per heavy atom. The van der Waals surface area contributed by atoms with Crippen molar-refractivity contribution in [3.63, 3.8) is 0 Å². The van der Waals surface area contributed by atoms with Crippen LogP contribution in [0, 0.1) is 0 Å². The second-order valence-corrected chi connectivity index (χ2v) is 6.78. The van der Waals surface area contributed by atoms with Crippen molar-refractivity contribution in [1.82, 2.24) is 4.98 Å². The zero-order valence-corrected chi connectivity index (χ0v) is 12.0. The molecule has 0 aliphatic heterocycles. The number of nitrogens with one attached hydrogen (secondary N) is 1. The number of benzene rings is 1. The average Bonchev–Trinajstić information content (AvgIpc) is 2.60. The Hall–Kier alpha value is -0.650. The molecule has 0 amide bonds. The van der Waals surface area contributed by atoms with Crippen LogP contribution in [-0.2, 0) is 10.8 Å². The Kier molecular flexibility index (Phi) is 4.01. The first-order valence-corrected chi connectivity index (χ1v) is 8.10. The Balaban J connectivity index is 2.20. The zero-order valence-electron chi connectivity index (χ0n) is 9.57. The quantitative estimate of drug-likeness (QED) is 0.940. The smallest absolute Gasteiger partial charge is 0.184 e. The van der Waals surface area contributed by atoms with Crippen molar-refractivity contribution in [3.8, 4) is 0 Å². The molecule has 3 nitrogen and oxygen atoms in total. The van der Waals surface area contributed by atoms with Gasteiger partial charge in [-0.2, -0.15) is 0 Å². The third-order valence-electron chi connectivity index (χ3n) is 2.22. The highest BCUT2D eigenvalue weighted by Gasteiger charge is 2.10. The molecule has 0 spiro atoms. The van der Waals surface area contributed by atoms with E-state index < -0.39 is 10.8 Å². The van der Waals surface area contributed by atoms with Crippen LogP contribution in [0.25, 0.3) is 10.2 Å². The van der Waals surface area contributed by atoms with Crippen LogP contribution in [-0.4, -0.2) is 27.2 Å². The number of aromatic nitrogens is 1. The Bertz CT molecular complexity index is 555. The molecule has 0 radical (unpaired) electrons. The van der Waals surface area contributed by atoms with Crippen LogP contribution in [0.1, 0.15) is 6.92 Å². The molecule has 2 unspecified atom stereocenters. The predicted octanol–water partition coefficient (Wildman–Crippen LogP) is 3.13. The van der Waals surface area contributed by atoms with Crippen molar-refractivity contribution < 1.29 is 4.21 Å². The summed E-state index contributed by atoms with van der Waals surface area (Å²) in [4.78, 5) is 4.44. The minimum Gasteiger partial charge on any atom is -0.358 e. The largest absolute Gasteiger partial charge is 0.358 e. The van der Waals surface area contributed by atoms with Gasteiger partial charge in [0.25, 0.3) is 0 Å². The van der Waals surface area contributed by atoms with Gasteiger partial charge in [0, 0.05) is 28.9 Å². The van der Waals surface area contributed by atoms with Gasteiger partial charge in [-0.15, -0.1) is 0 Å². The van der Waals surface area contributed by atoms with Crippen molar-refractivity contribution in [3.05, 3.63) is 23.2 Å².